The van der Waals surface area contributed by atoms with Crippen LogP contribution in [0.25, 0.3) is 10.4 Å². The Morgan fingerprint density at radius 1 is 1.04 bits per heavy atom. The van der Waals surface area contributed by atoms with E-state index in [1.807, 2.05) is 41.8 Å². The lowest BCUT2D eigenvalue weighted by atomic mass is 10.1. The van der Waals surface area contributed by atoms with Crippen molar-refractivity contribution in [3.8, 4) is 10.4 Å². The third-order valence-electron chi connectivity index (χ3n) is 3.98. The van der Waals surface area contributed by atoms with Crippen LogP contribution in [-0.4, -0.2) is 11.8 Å². The molecule has 0 saturated carbocycles. The quantitative estimate of drug-likeness (QED) is 0.581. The number of hydrogen-bond donors (Lipinski definition) is 3. The lowest BCUT2D eigenvalue weighted by Gasteiger charge is -2.10. The van der Waals surface area contributed by atoms with Crippen molar-refractivity contribution in [1.29, 1.82) is 0 Å². The van der Waals surface area contributed by atoms with Gasteiger partial charge >= 0.3 is 0 Å². The standard InChI is InChI=1S/C20H19N3O2S/c21-16-9-8-15(18-2-1-11-26-18)12-17(16)23-20(25)14-6-3-13(4-7-14)5-10-19(22)24/h1-4,6-9,11-12H,5,10,21H2,(H2,22,24)(H,23,25). The normalized spacial score (nSPS) is 10.5. The number of anilines is 2. The molecule has 26 heavy (non-hydrogen) atoms. The molecule has 0 fully saturated rings. The Morgan fingerprint density at radius 3 is 2.46 bits per heavy atom. The minimum absolute atomic E-state index is 0.235. The number of amides is 2. The molecule has 6 heteroatoms. The Kier molecular flexibility index (Phi) is 5.34. The number of hydrogen-bond acceptors (Lipinski definition) is 4. The third-order valence-corrected chi connectivity index (χ3v) is 4.90. The topological polar surface area (TPSA) is 98.2 Å². The van der Waals surface area contributed by atoms with Crippen molar-refractivity contribution in [3.63, 3.8) is 0 Å². The second-order valence-electron chi connectivity index (χ2n) is 5.90. The summed E-state index contributed by atoms with van der Waals surface area (Å²) in [4.78, 5) is 24.5. The van der Waals surface area contributed by atoms with E-state index in [0.29, 0.717) is 23.4 Å². The van der Waals surface area contributed by atoms with Gasteiger partial charge in [0.05, 0.1) is 11.4 Å². The van der Waals surface area contributed by atoms with E-state index in [9.17, 15) is 9.59 Å². The first-order chi connectivity index (χ1) is 12.5. The molecule has 5 N–H and O–H groups in total. The zero-order valence-corrected chi connectivity index (χ0v) is 14.9. The predicted octanol–water partition coefficient (Wildman–Crippen LogP) is 3.67. The largest absolute Gasteiger partial charge is 0.397 e. The van der Waals surface area contributed by atoms with Crippen LogP contribution in [0.15, 0.2) is 60.0 Å². The molecular formula is C20H19N3O2S. The molecule has 0 aliphatic carbocycles. The molecule has 0 saturated heterocycles. The molecule has 0 bridgehead atoms. The van der Waals surface area contributed by atoms with E-state index in [1.165, 1.54) is 0 Å². The van der Waals surface area contributed by atoms with E-state index < -0.39 is 0 Å². The van der Waals surface area contributed by atoms with Crippen molar-refractivity contribution < 1.29 is 9.59 Å². The number of nitrogens with one attached hydrogen (secondary N) is 1. The van der Waals surface area contributed by atoms with E-state index in [1.54, 1.807) is 29.5 Å². The van der Waals surface area contributed by atoms with Gasteiger partial charge < -0.3 is 16.8 Å². The molecule has 0 unspecified atom stereocenters. The van der Waals surface area contributed by atoms with Crippen molar-refractivity contribution in [3.05, 3.63) is 71.1 Å². The molecule has 0 aliphatic rings. The van der Waals surface area contributed by atoms with Crippen LogP contribution in [-0.2, 0) is 11.2 Å². The Bertz CT molecular complexity index is 919. The fraction of sp³-hybridized carbons (Fsp3) is 0.100. The van der Waals surface area contributed by atoms with E-state index in [4.69, 9.17) is 11.5 Å². The lowest BCUT2D eigenvalue weighted by Crippen LogP contribution is -2.13. The molecule has 1 heterocycles. The number of benzene rings is 2. The van der Waals surface area contributed by atoms with Gasteiger partial charge in [0, 0.05) is 16.9 Å². The van der Waals surface area contributed by atoms with E-state index >= 15 is 0 Å². The van der Waals surface area contributed by atoms with Crippen LogP contribution in [0.1, 0.15) is 22.3 Å². The molecule has 0 aliphatic heterocycles. The Balaban J connectivity index is 1.73. The molecule has 3 aromatic rings. The van der Waals surface area contributed by atoms with Gasteiger partial charge in [-0.15, -0.1) is 11.3 Å². The summed E-state index contributed by atoms with van der Waals surface area (Å²) < 4.78 is 0. The average Bonchev–Trinajstić information content (AvgIpc) is 3.17. The maximum absolute atomic E-state index is 12.5. The minimum atomic E-state index is -0.340. The van der Waals surface area contributed by atoms with Gasteiger partial charge in [0.15, 0.2) is 0 Å². The summed E-state index contributed by atoms with van der Waals surface area (Å²) in [6.45, 7) is 0. The summed E-state index contributed by atoms with van der Waals surface area (Å²) in [7, 11) is 0. The highest BCUT2D eigenvalue weighted by Gasteiger charge is 2.10. The van der Waals surface area contributed by atoms with Crippen molar-refractivity contribution in [2.24, 2.45) is 5.73 Å². The SMILES string of the molecule is NC(=O)CCc1ccc(C(=O)Nc2cc(-c3cccs3)ccc2N)cc1. The van der Waals surface area contributed by atoms with Gasteiger partial charge in [0.25, 0.3) is 5.91 Å². The predicted molar refractivity (Wildman–Crippen MR) is 106 cm³/mol. The van der Waals surface area contributed by atoms with E-state index in [2.05, 4.69) is 5.32 Å². The Labute approximate surface area is 155 Å². The number of aryl methyl sites for hydroxylation is 1. The first kappa shape index (κ1) is 17.7. The second-order valence-corrected chi connectivity index (χ2v) is 6.84. The van der Waals surface area contributed by atoms with Crippen molar-refractivity contribution in [2.45, 2.75) is 12.8 Å². The second kappa shape index (κ2) is 7.84. The number of primary amides is 1. The summed E-state index contributed by atoms with van der Waals surface area (Å²) in [6, 6.07) is 16.7. The zero-order chi connectivity index (χ0) is 18.5. The van der Waals surface area contributed by atoms with Gasteiger partial charge in [0.1, 0.15) is 0 Å². The first-order valence-corrected chi connectivity index (χ1v) is 9.03. The van der Waals surface area contributed by atoms with Gasteiger partial charge in [-0.05, 0) is 53.3 Å². The Hall–Kier alpha value is -3.12. The minimum Gasteiger partial charge on any atom is -0.397 e. The number of thiophene rings is 1. The molecule has 132 valence electrons. The highest BCUT2D eigenvalue weighted by atomic mass is 32.1. The molecular weight excluding hydrogens is 346 g/mol. The fourth-order valence-electron chi connectivity index (χ4n) is 2.55. The van der Waals surface area contributed by atoms with Crippen molar-refractivity contribution in [1.82, 2.24) is 0 Å². The highest BCUT2D eigenvalue weighted by molar-refractivity contribution is 7.13. The molecule has 0 atom stereocenters. The molecule has 0 radical (unpaired) electrons. The van der Waals surface area contributed by atoms with E-state index in [-0.39, 0.29) is 18.2 Å². The van der Waals surface area contributed by atoms with Crippen LogP contribution in [0.2, 0.25) is 0 Å². The van der Waals surface area contributed by atoms with Crippen LogP contribution >= 0.6 is 11.3 Å². The van der Waals surface area contributed by atoms with Gasteiger partial charge in [-0.3, -0.25) is 9.59 Å². The lowest BCUT2D eigenvalue weighted by molar-refractivity contribution is -0.117. The number of rotatable bonds is 6. The zero-order valence-electron chi connectivity index (χ0n) is 14.1. The summed E-state index contributed by atoms with van der Waals surface area (Å²) >= 11 is 1.63. The molecule has 2 amide bonds. The van der Waals surface area contributed by atoms with Crippen LogP contribution in [0.5, 0.6) is 0 Å². The Morgan fingerprint density at radius 2 is 1.81 bits per heavy atom. The molecule has 0 spiro atoms. The van der Waals surface area contributed by atoms with Crippen LogP contribution < -0.4 is 16.8 Å². The fourth-order valence-corrected chi connectivity index (χ4v) is 3.27. The first-order valence-electron chi connectivity index (χ1n) is 8.15. The van der Waals surface area contributed by atoms with Gasteiger partial charge in [-0.25, -0.2) is 0 Å². The third kappa shape index (κ3) is 4.29. The summed E-state index contributed by atoms with van der Waals surface area (Å²) in [5, 5.41) is 4.87. The van der Waals surface area contributed by atoms with Gasteiger partial charge in [-0.2, -0.15) is 0 Å². The van der Waals surface area contributed by atoms with Crippen LogP contribution in [0.4, 0.5) is 11.4 Å². The van der Waals surface area contributed by atoms with Crippen molar-refractivity contribution >= 4 is 34.5 Å². The smallest absolute Gasteiger partial charge is 0.255 e. The summed E-state index contributed by atoms with van der Waals surface area (Å²) in [6.07, 6.45) is 0.852. The van der Waals surface area contributed by atoms with Gasteiger partial charge in [-0.1, -0.05) is 24.3 Å². The monoisotopic (exact) mass is 365 g/mol. The van der Waals surface area contributed by atoms with Gasteiger partial charge in [0.2, 0.25) is 5.91 Å². The molecule has 1 aromatic heterocycles. The van der Waals surface area contributed by atoms with E-state index in [0.717, 1.165) is 16.0 Å². The molecule has 2 aromatic carbocycles. The van der Waals surface area contributed by atoms with Crippen molar-refractivity contribution in [2.75, 3.05) is 11.1 Å². The number of carbonyl (C=O) groups excluding carboxylic acids is 2. The average molecular weight is 365 g/mol. The number of nitrogens with two attached hydrogens (primary N) is 2. The maximum Gasteiger partial charge on any atom is 0.255 e. The van der Waals surface area contributed by atoms with Crippen LogP contribution in [0.3, 0.4) is 0 Å². The number of nitrogen functional groups attached to an aromatic ring is 1. The maximum atomic E-state index is 12.5. The summed E-state index contributed by atoms with van der Waals surface area (Å²) in [5.74, 6) is -0.575. The summed E-state index contributed by atoms with van der Waals surface area (Å²) in [5.41, 5.74) is 14.7. The highest BCUT2D eigenvalue weighted by Crippen LogP contribution is 2.30. The number of carbonyl (C=O) groups is 2. The van der Waals surface area contributed by atoms with Crippen LogP contribution in [0, 0.1) is 0 Å². The molecule has 5 nitrogen and oxygen atoms in total. The molecule has 3 rings (SSSR count).